The lowest BCUT2D eigenvalue weighted by Crippen LogP contribution is -2.69. The minimum absolute atomic E-state index is 1.03. The monoisotopic (exact) mass is 267 g/mol. The van der Waals surface area contributed by atoms with E-state index in [4.69, 9.17) is 14.9 Å². The highest BCUT2D eigenvalue weighted by atomic mass is 16.7. The molecule has 0 saturated carbocycles. The van der Waals surface area contributed by atoms with Crippen LogP contribution < -0.4 is 5.32 Å². The first kappa shape index (κ1) is 15.2. The van der Waals surface area contributed by atoms with Crippen molar-refractivity contribution in [3.05, 3.63) is 0 Å². The van der Waals surface area contributed by atoms with E-state index < -0.39 is 48.9 Å². The molecule has 2 unspecified atom stereocenters. The summed E-state index contributed by atoms with van der Waals surface area (Å²) in [5, 5.41) is 58.1. The van der Waals surface area contributed by atoms with E-state index in [2.05, 4.69) is 5.32 Å². The Morgan fingerprint density at radius 2 is 1.94 bits per heavy atom. The van der Waals surface area contributed by atoms with Crippen molar-refractivity contribution < 1.29 is 40.2 Å². The summed E-state index contributed by atoms with van der Waals surface area (Å²) in [6, 6.07) is -1.13. The Morgan fingerprint density at radius 3 is 2.39 bits per heavy atom. The lowest BCUT2D eigenvalue weighted by Gasteiger charge is -2.45. The quantitative estimate of drug-likeness (QED) is 0.271. The Labute approximate surface area is 102 Å². The van der Waals surface area contributed by atoms with Crippen molar-refractivity contribution in [2.45, 2.75) is 43.3 Å². The zero-order valence-electron chi connectivity index (χ0n) is 9.59. The Kier molecular flexibility index (Phi) is 4.61. The number of carbonyl (C=O) groups is 1. The molecule has 0 amide bonds. The second kappa shape index (κ2) is 5.45. The highest BCUT2D eigenvalue weighted by molar-refractivity contribution is 5.72. The number of nitrogens with one attached hydrogen (secondary N) is 1. The van der Waals surface area contributed by atoms with E-state index in [1.165, 1.54) is 6.92 Å². The Morgan fingerprint density at radius 1 is 1.39 bits per heavy atom. The standard InChI is InChI=1S/C9H17NO8/c1-3(8(15)16)10-7-5(13)4(12)6(14)9(17,2-11)18-7/h3-7,10-14,17H,2H2,1H3,(H,15,16)/t3?,4-,5+,6+,7?,9+/m1/s1. The molecule has 0 aromatic rings. The zero-order chi connectivity index (χ0) is 14.1. The van der Waals surface area contributed by atoms with Crippen molar-refractivity contribution in [1.29, 1.82) is 0 Å². The minimum Gasteiger partial charge on any atom is -0.480 e. The van der Waals surface area contributed by atoms with Gasteiger partial charge in [-0.05, 0) is 6.92 Å². The second-order valence-electron chi connectivity index (χ2n) is 4.19. The van der Waals surface area contributed by atoms with Crippen LogP contribution in [0.25, 0.3) is 0 Å². The molecular formula is C9H17NO8. The van der Waals surface area contributed by atoms with Crippen LogP contribution in [-0.4, -0.2) is 79.6 Å². The molecule has 106 valence electrons. The van der Waals surface area contributed by atoms with Gasteiger partial charge in [0.1, 0.15) is 30.6 Å². The van der Waals surface area contributed by atoms with E-state index in [9.17, 15) is 25.2 Å². The maximum absolute atomic E-state index is 10.6. The number of aliphatic carboxylic acids is 1. The molecule has 0 aromatic heterocycles. The maximum atomic E-state index is 10.6. The fraction of sp³-hybridized carbons (Fsp3) is 0.889. The summed E-state index contributed by atoms with van der Waals surface area (Å²) in [7, 11) is 0. The number of rotatable bonds is 4. The number of aliphatic hydroxyl groups is 5. The van der Waals surface area contributed by atoms with Crippen molar-refractivity contribution in [3.63, 3.8) is 0 Å². The average Bonchev–Trinajstić information content (AvgIpc) is 2.33. The number of hydrogen-bond acceptors (Lipinski definition) is 8. The third-order valence-corrected chi connectivity index (χ3v) is 2.79. The summed E-state index contributed by atoms with van der Waals surface area (Å²) in [5.41, 5.74) is 0. The minimum atomic E-state index is -2.48. The molecule has 0 aromatic carbocycles. The van der Waals surface area contributed by atoms with E-state index >= 15 is 0 Å². The smallest absolute Gasteiger partial charge is 0.320 e. The third-order valence-electron chi connectivity index (χ3n) is 2.79. The van der Waals surface area contributed by atoms with Gasteiger partial charge in [0.25, 0.3) is 0 Å². The lowest BCUT2D eigenvalue weighted by atomic mass is 9.95. The van der Waals surface area contributed by atoms with Crippen molar-refractivity contribution >= 4 is 5.97 Å². The van der Waals surface area contributed by atoms with Crippen LogP contribution in [0.1, 0.15) is 6.92 Å². The first-order valence-corrected chi connectivity index (χ1v) is 5.27. The second-order valence-corrected chi connectivity index (χ2v) is 4.19. The van der Waals surface area contributed by atoms with E-state index in [1.54, 1.807) is 0 Å². The van der Waals surface area contributed by atoms with Crippen LogP contribution in [0.5, 0.6) is 0 Å². The highest BCUT2D eigenvalue weighted by Crippen LogP contribution is 2.27. The molecule has 9 nitrogen and oxygen atoms in total. The molecule has 0 aliphatic carbocycles. The van der Waals surface area contributed by atoms with Gasteiger partial charge in [0.2, 0.25) is 5.79 Å². The van der Waals surface area contributed by atoms with Gasteiger partial charge in [-0.2, -0.15) is 0 Å². The molecule has 6 atom stereocenters. The molecular weight excluding hydrogens is 250 g/mol. The first-order chi connectivity index (χ1) is 8.23. The molecule has 1 aliphatic heterocycles. The van der Waals surface area contributed by atoms with Gasteiger partial charge in [-0.3, -0.25) is 10.1 Å². The third kappa shape index (κ3) is 2.78. The van der Waals surface area contributed by atoms with E-state index in [0.29, 0.717) is 0 Å². The average molecular weight is 267 g/mol. The van der Waals surface area contributed by atoms with Gasteiger partial charge in [-0.15, -0.1) is 0 Å². The molecule has 18 heavy (non-hydrogen) atoms. The van der Waals surface area contributed by atoms with Crippen LogP contribution >= 0.6 is 0 Å². The van der Waals surface area contributed by atoms with Crippen molar-refractivity contribution in [2.24, 2.45) is 0 Å². The Bertz CT molecular complexity index is 313. The van der Waals surface area contributed by atoms with Gasteiger partial charge >= 0.3 is 5.97 Å². The highest BCUT2D eigenvalue weighted by Gasteiger charge is 2.52. The molecule has 1 rings (SSSR count). The molecule has 1 fully saturated rings. The summed E-state index contributed by atoms with van der Waals surface area (Å²) in [5.74, 6) is -3.71. The predicted octanol–water partition coefficient (Wildman–Crippen LogP) is -3.83. The largest absolute Gasteiger partial charge is 0.480 e. The van der Waals surface area contributed by atoms with Gasteiger partial charge in [0, 0.05) is 0 Å². The number of aliphatic hydroxyl groups excluding tert-OH is 4. The molecule has 9 heteroatoms. The first-order valence-electron chi connectivity index (χ1n) is 5.27. The SMILES string of the molecule is CC(NC1O[C@@](O)(CO)[C@@H](O)[C@H](O)[C@@H]1O)C(=O)O. The van der Waals surface area contributed by atoms with Crippen LogP contribution in [0.4, 0.5) is 0 Å². The van der Waals surface area contributed by atoms with Crippen molar-refractivity contribution in [2.75, 3.05) is 6.61 Å². The van der Waals surface area contributed by atoms with Crippen LogP contribution in [0, 0.1) is 0 Å². The summed E-state index contributed by atoms with van der Waals surface area (Å²) in [4.78, 5) is 10.6. The maximum Gasteiger partial charge on any atom is 0.320 e. The van der Waals surface area contributed by atoms with Crippen LogP contribution in [0.15, 0.2) is 0 Å². The molecule has 0 spiro atoms. The summed E-state index contributed by atoms with van der Waals surface area (Å²) in [6.07, 6.45) is -6.83. The Balaban J connectivity index is 2.83. The molecule has 7 N–H and O–H groups in total. The Hall–Kier alpha value is -0.810. The number of carboxylic acid groups (broad SMARTS) is 1. The fourth-order valence-corrected chi connectivity index (χ4v) is 1.57. The van der Waals surface area contributed by atoms with Crippen LogP contribution in [0.3, 0.4) is 0 Å². The van der Waals surface area contributed by atoms with Crippen molar-refractivity contribution in [1.82, 2.24) is 5.32 Å². The van der Waals surface area contributed by atoms with Crippen LogP contribution in [-0.2, 0) is 9.53 Å². The number of carboxylic acids is 1. The molecule has 1 heterocycles. The number of hydrogen-bond donors (Lipinski definition) is 7. The van der Waals surface area contributed by atoms with Crippen molar-refractivity contribution in [3.8, 4) is 0 Å². The molecule has 0 radical (unpaired) electrons. The summed E-state index contributed by atoms with van der Waals surface area (Å²) >= 11 is 0. The molecule has 0 bridgehead atoms. The van der Waals surface area contributed by atoms with Gasteiger partial charge in [0.05, 0.1) is 6.61 Å². The normalized spacial score (nSPS) is 42.6. The van der Waals surface area contributed by atoms with E-state index in [-0.39, 0.29) is 0 Å². The van der Waals surface area contributed by atoms with Gasteiger partial charge in [0.15, 0.2) is 0 Å². The zero-order valence-corrected chi connectivity index (χ0v) is 9.59. The van der Waals surface area contributed by atoms with Gasteiger partial charge in [-0.25, -0.2) is 0 Å². The fourth-order valence-electron chi connectivity index (χ4n) is 1.57. The number of ether oxygens (including phenoxy) is 1. The predicted molar refractivity (Wildman–Crippen MR) is 55.2 cm³/mol. The van der Waals surface area contributed by atoms with E-state index in [1.807, 2.05) is 0 Å². The summed E-state index contributed by atoms with van der Waals surface area (Å²) in [6.45, 7) is 0.228. The van der Waals surface area contributed by atoms with Gasteiger partial charge in [-0.1, -0.05) is 0 Å². The van der Waals surface area contributed by atoms with E-state index in [0.717, 1.165) is 0 Å². The molecule has 1 aliphatic rings. The van der Waals surface area contributed by atoms with Crippen LogP contribution in [0.2, 0.25) is 0 Å². The van der Waals surface area contributed by atoms with Gasteiger partial charge < -0.3 is 35.4 Å². The lowest BCUT2D eigenvalue weighted by molar-refractivity contribution is -0.359. The topological polar surface area (TPSA) is 160 Å². The molecule has 1 saturated heterocycles. The summed E-state index contributed by atoms with van der Waals surface area (Å²) < 4.78 is 4.81.